The smallest absolute Gasteiger partial charge is 0.117 e. The van der Waals surface area contributed by atoms with E-state index in [4.69, 9.17) is 5.73 Å². The molecule has 0 bridgehead atoms. The molecular weight excluding hydrogens is 208 g/mol. The van der Waals surface area contributed by atoms with Crippen molar-refractivity contribution in [2.24, 2.45) is 0 Å². The minimum Gasteiger partial charge on any atom is -0.397 e. The Morgan fingerprint density at radius 1 is 1.20 bits per heavy atom. The molecule has 5 heteroatoms. The molecule has 0 aromatic carbocycles. The van der Waals surface area contributed by atoms with Gasteiger partial charge in [0, 0.05) is 18.1 Å². The number of nitrogens with two attached hydrogens (primary N) is 1. The van der Waals surface area contributed by atoms with Gasteiger partial charge in [-0.25, -0.2) is 4.98 Å². The highest BCUT2D eigenvalue weighted by atomic mass is 32.2. The molecule has 2 rings (SSSR count). The van der Waals surface area contributed by atoms with Crippen molar-refractivity contribution >= 4 is 23.3 Å². The fraction of sp³-hybridized carbons (Fsp3) is 0. The molecule has 76 valence electrons. The summed E-state index contributed by atoms with van der Waals surface area (Å²) in [6.45, 7) is 0. The molecule has 15 heavy (non-hydrogen) atoms. The Labute approximate surface area is 92.1 Å². The molecule has 0 unspecified atom stereocenters. The second-order valence-electron chi connectivity index (χ2n) is 2.88. The van der Waals surface area contributed by atoms with E-state index in [1.807, 2.05) is 24.3 Å². The maximum absolute atomic E-state index is 5.53. The normalized spacial score (nSPS) is 9.87. The molecule has 3 N–H and O–H groups in total. The van der Waals surface area contributed by atoms with Gasteiger partial charge >= 0.3 is 0 Å². The van der Waals surface area contributed by atoms with Crippen LogP contribution in [0.2, 0.25) is 0 Å². The quantitative estimate of drug-likeness (QED) is 0.773. The van der Waals surface area contributed by atoms with E-state index in [1.54, 1.807) is 18.6 Å². The second-order valence-corrected chi connectivity index (χ2v) is 3.70. The van der Waals surface area contributed by atoms with Gasteiger partial charge in [-0.2, -0.15) is 0 Å². The Bertz CT molecular complexity index is 415. The molecule has 0 aliphatic carbocycles. The van der Waals surface area contributed by atoms with Gasteiger partial charge in [0.15, 0.2) is 0 Å². The molecule has 0 saturated heterocycles. The molecule has 0 saturated carbocycles. The molecule has 2 aromatic heterocycles. The summed E-state index contributed by atoms with van der Waals surface area (Å²) in [5.74, 6) is 0. The van der Waals surface area contributed by atoms with Crippen LogP contribution in [0.15, 0.2) is 47.9 Å². The number of rotatable bonds is 3. The average molecular weight is 218 g/mol. The monoisotopic (exact) mass is 218 g/mol. The Kier molecular flexibility index (Phi) is 3.04. The van der Waals surface area contributed by atoms with E-state index in [9.17, 15) is 0 Å². The number of anilines is 2. The van der Waals surface area contributed by atoms with Gasteiger partial charge in [-0.15, -0.1) is 0 Å². The van der Waals surface area contributed by atoms with Crippen LogP contribution in [0.25, 0.3) is 0 Å². The van der Waals surface area contributed by atoms with Gasteiger partial charge in [0.2, 0.25) is 0 Å². The molecule has 0 aliphatic heterocycles. The zero-order valence-electron chi connectivity index (χ0n) is 7.92. The lowest BCUT2D eigenvalue weighted by atomic mass is 10.4. The van der Waals surface area contributed by atoms with E-state index in [2.05, 4.69) is 14.7 Å². The van der Waals surface area contributed by atoms with Crippen LogP contribution in [0.5, 0.6) is 0 Å². The van der Waals surface area contributed by atoms with E-state index in [1.165, 1.54) is 11.9 Å². The summed E-state index contributed by atoms with van der Waals surface area (Å²) < 4.78 is 3.13. The standard InChI is InChI=1S/C10H10N4S/c11-8-3-4-10(13-6-8)15-14-9-2-1-5-12-7-9/h1-7,14H,11H2. The number of aromatic nitrogens is 2. The third kappa shape index (κ3) is 2.85. The third-order valence-electron chi connectivity index (χ3n) is 1.69. The first kappa shape index (κ1) is 9.79. The van der Waals surface area contributed by atoms with E-state index >= 15 is 0 Å². The Morgan fingerprint density at radius 2 is 2.13 bits per heavy atom. The van der Waals surface area contributed by atoms with Gasteiger partial charge in [-0.05, 0) is 24.3 Å². The Balaban J connectivity index is 1.96. The van der Waals surface area contributed by atoms with Gasteiger partial charge in [-0.3, -0.25) is 4.98 Å². The minimum atomic E-state index is 0.667. The van der Waals surface area contributed by atoms with E-state index < -0.39 is 0 Å². The van der Waals surface area contributed by atoms with E-state index in [0.717, 1.165) is 10.7 Å². The molecule has 2 aromatic rings. The number of nitrogen functional groups attached to an aromatic ring is 1. The van der Waals surface area contributed by atoms with Crippen molar-refractivity contribution in [2.75, 3.05) is 10.5 Å². The van der Waals surface area contributed by atoms with Crippen LogP contribution in [0.3, 0.4) is 0 Å². The summed E-state index contributed by atoms with van der Waals surface area (Å²) in [4.78, 5) is 8.14. The predicted octanol–water partition coefficient (Wildman–Crippen LogP) is 2.18. The first-order valence-electron chi connectivity index (χ1n) is 4.39. The summed E-state index contributed by atoms with van der Waals surface area (Å²) >= 11 is 1.43. The second kappa shape index (κ2) is 4.65. The van der Waals surface area contributed by atoms with Crippen LogP contribution in [0.4, 0.5) is 11.4 Å². The predicted molar refractivity (Wildman–Crippen MR) is 62.4 cm³/mol. The summed E-state index contributed by atoms with van der Waals surface area (Å²) in [7, 11) is 0. The SMILES string of the molecule is Nc1ccc(SNc2cccnc2)nc1. The number of pyridine rings is 2. The highest BCUT2D eigenvalue weighted by molar-refractivity contribution is 8.00. The zero-order valence-corrected chi connectivity index (χ0v) is 8.74. The van der Waals surface area contributed by atoms with Gasteiger partial charge < -0.3 is 10.5 Å². The van der Waals surface area contributed by atoms with Crippen LogP contribution >= 0.6 is 11.9 Å². The largest absolute Gasteiger partial charge is 0.397 e. The lowest BCUT2D eigenvalue weighted by Crippen LogP contribution is -1.90. The number of nitrogens with one attached hydrogen (secondary N) is 1. The Morgan fingerprint density at radius 3 is 2.80 bits per heavy atom. The van der Waals surface area contributed by atoms with Crippen molar-refractivity contribution in [2.45, 2.75) is 5.03 Å². The summed E-state index contributed by atoms with van der Waals surface area (Å²) in [6.07, 6.45) is 5.12. The first-order valence-corrected chi connectivity index (χ1v) is 5.20. The zero-order chi connectivity index (χ0) is 10.5. The molecule has 2 heterocycles. The lowest BCUT2D eigenvalue weighted by molar-refractivity contribution is 1.14. The summed E-state index contributed by atoms with van der Waals surface area (Å²) in [6, 6.07) is 7.50. The lowest BCUT2D eigenvalue weighted by Gasteiger charge is -2.03. The van der Waals surface area contributed by atoms with Crippen LogP contribution < -0.4 is 10.5 Å². The van der Waals surface area contributed by atoms with Gasteiger partial charge in [-0.1, -0.05) is 0 Å². The molecule has 0 atom stereocenters. The van der Waals surface area contributed by atoms with Gasteiger partial charge in [0.1, 0.15) is 5.03 Å². The van der Waals surface area contributed by atoms with Gasteiger partial charge in [0.05, 0.1) is 23.8 Å². The van der Waals surface area contributed by atoms with Crippen molar-refractivity contribution in [3.63, 3.8) is 0 Å². The van der Waals surface area contributed by atoms with Crippen LogP contribution in [-0.4, -0.2) is 9.97 Å². The van der Waals surface area contributed by atoms with Crippen LogP contribution in [0, 0.1) is 0 Å². The fourth-order valence-corrected chi connectivity index (χ4v) is 1.57. The van der Waals surface area contributed by atoms with E-state index in [-0.39, 0.29) is 0 Å². The topological polar surface area (TPSA) is 63.8 Å². The Hall–Kier alpha value is -1.75. The molecule has 0 fully saturated rings. The molecule has 0 aliphatic rings. The minimum absolute atomic E-state index is 0.667. The molecule has 0 spiro atoms. The number of nitrogens with zero attached hydrogens (tertiary/aromatic N) is 2. The van der Waals surface area contributed by atoms with Crippen LogP contribution in [-0.2, 0) is 0 Å². The fourth-order valence-electron chi connectivity index (χ4n) is 0.986. The summed E-state index contributed by atoms with van der Waals surface area (Å²) in [5, 5.41) is 0.869. The highest BCUT2D eigenvalue weighted by Gasteiger charge is 1.95. The van der Waals surface area contributed by atoms with Crippen molar-refractivity contribution in [3.05, 3.63) is 42.9 Å². The molecule has 0 radical (unpaired) electrons. The number of hydrogen-bond acceptors (Lipinski definition) is 5. The average Bonchev–Trinajstić information content (AvgIpc) is 2.30. The third-order valence-corrected chi connectivity index (χ3v) is 2.48. The van der Waals surface area contributed by atoms with Crippen molar-refractivity contribution < 1.29 is 0 Å². The van der Waals surface area contributed by atoms with Crippen molar-refractivity contribution in [1.29, 1.82) is 0 Å². The number of hydrogen-bond donors (Lipinski definition) is 2. The van der Waals surface area contributed by atoms with Crippen LogP contribution in [0.1, 0.15) is 0 Å². The highest BCUT2D eigenvalue weighted by Crippen LogP contribution is 2.18. The first-order chi connectivity index (χ1) is 7.34. The van der Waals surface area contributed by atoms with Crippen molar-refractivity contribution in [3.8, 4) is 0 Å². The maximum Gasteiger partial charge on any atom is 0.117 e. The van der Waals surface area contributed by atoms with Crippen molar-refractivity contribution in [1.82, 2.24) is 9.97 Å². The molecule has 4 nitrogen and oxygen atoms in total. The summed E-state index contributed by atoms with van der Waals surface area (Å²) in [5.41, 5.74) is 7.14. The van der Waals surface area contributed by atoms with E-state index in [0.29, 0.717) is 5.69 Å². The van der Waals surface area contributed by atoms with Gasteiger partial charge in [0.25, 0.3) is 0 Å². The maximum atomic E-state index is 5.53. The molecule has 0 amide bonds. The molecular formula is C10H10N4S.